The predicted molar refractivity (Wildman–Crippen MR) is 77.6 cm³/mol. The molecule has 1 aliphatic carbocycles. The van der Waals surface area contributed by atoms with Crippen molar-refractivity contribution < 1.29 is 4.79 Å². The minimum Gasteiger partial charge on any atom is -0.356 e. The lowest BCUT2D eigenvalue weighted by Crippen LogP contribution is -2.32. The smallest absolute Gasteiger partial charge is 0.221 e. The van der Waals surface area contributed by atoms with E-state index in [1.165, 1.54) is 32.1 Å². The summed E-state index contributed by atoms with van der Waals surface area (Å²) in [6.45, 7) is 0.820. The van der Waals surface area contributed by atoms with Gasteiger partial charge in [-0.15, -0.1) is 0 Å². The van der Waals surface area contributed by atoms with Crippen molar-refractivity contribution in [1.82, 2.24) is 5.32 Å². The molecule has 0 aliphatic heterocycles. The first kappa shape index (κ1) is 14.1. The summed E-state index contributed by atoms with van der Waals surface area (Å²) in [5.41, 5.74) is 7.07. The maximum absolute atomic E-state index is 11.9. The average Bonchev–Trinajstić information content (AvgIpc) is 2.47. The highest BCUT2D eigenvalue weighted by molar-refractivity contribution is 5.76. The van der Waals surface area contributed by atoms with Crippen LogP contribution in [-0.4, -0.2) is 12.5 Å². The number of amides is 1. The van der Waals surface area contributed by atoms with Crippen LogP contribution in [0.5, 0.6) is 0 Å². The summed E-state index contributed by atoms with van der Waals surface area (Å²) < 4.78 is 0. The van der Waals surface area contributed by atoms with Crippen LogP contribution >= 0.6 is 0 Å². The molecule has 2 rings (SSSR count). The fourth-order valence-electron chi connectivity index (χ4n) is 2.74. The standard InChI is InChI=1S/C16H24N2O/c17-15(14-9-5-2-6-10-14)11-16(19)18-12-13-7-3-1-4-8-13/h2,5-6,9-10,13,15H,1,3-4,7-8,11-12,17H2,(H,18,19)/t15-/m1/s1. The first-order valence-corrected chi connectivity index (χ1v) is 7.33. The lowest BCUT2D eigenvalue weighted by atomic mass is 9.89. The minimum atomic E-state index is -0.201. The molecule has 0 aromatic heterocycles. The maximum Gasteiger partial charge on any atom is 0.221 e. The Morgan fingerprint density at radius 3 is 2.58 bits per heavy atom. The summed E-state index contributed by atoms with van der Waals surface area (Å²) in [4.78, 5) is 11.9. The van der Waals surface area contributed by atoms with Gasteiger partial charge >= 0.3 is 0 Å². The van der Waals surface area contributed by atoms with Gasteiger partial charge in [-0.2, -0.15) is 0 Å². The fourth-order valence-corrected chi connectivity index (χ4v) is 2.74. The van der Waals surface area contributed by atoms with Crippen molar-refractivity contribution >= 4 is 5.91 Å². The molecule has 1 fully saturated rings. The Morgan fingerprint density at radius 2 is 1.89 bits per heavy atom. The topological polar surface area (TPSA) is 55.1 Å². The van der Waals surface area contributed by atoms with Crippen molar-refractivity contribution in [2.75, 3.05) is 6.54 Å². The van der Waals surface area contributed by atoms with Gasteiger partial charge in [-0.3, -0.25) is 4.79 Å². The van der Waals surface area contributed by atoms with E-state index in [0.29, 0.717) is 12.3 Å². The number of rotatable bonds is 5. The van der Waals surface area contributed by atoms with Crippen LogP contribution in [0.25, 0.3) is 0 Å². The van der Waals surface area contributed by atoms with E-state index in [1.807, 2.05) is 30.3 Å². The number of hydrogen-bond donors (Lipinski definition) is 2. The van der Waals surface area contributed by atoms with E-state index >= 15 is 0 Å². The third-order valence-corrected chi connectivity index (χ3v) is 3.95. The van der Waals surface area contributed by atoms with Crippen LogP contribution in [0, 0.1) is 5.92 Å². The number of benzene rings is 1. The summed E-state index contributed by atoms with van der Waals surface area (Å²) in [5, 5.41) is 3.03. The Balaban J connectivity index is 1.71. The molecule has 0 spiro atoms. The van der Waals surface area contributed by atoms with E-state index in [9.17, 15) is 4.79 Å². The summed E-state index contributed by atoms with van der Waals surface area (Å²) >= 11 is 0. The van der Waals surface area contributed by atoms with E-state index in [4.69, 9.17) is 5.73 Å². The van der Waals surface area contributed by atoms with Crippen molar-refractivity contribution in [3.05, 3.63) is 35.9 Å². The van der Waals surface area contributed by atoms with Gasteiger partial charge in [0, 0.05) is 19.0 Å². The zero-order valence-corrected chi connectivity index (χ0v) is 11.5. The zero-order valence-electron chi connectivity index (χ0n) is 11.5. The largest absolute Gasteiger partial charge is 0.356 e. The average molecular weight is 260 g/mol. The van der Waals surface area contributed by atoms with Crippen LogP contribution in [0.3, 0.4) is 0 Å². The Bertz CT molecular complexity index is 385. The summed E-state index contributed by atoms with van der Waals surface area (Å²) in [6.07, 6.45) is 6.85. The van der Waals surface area contributed by atoms with E-state index in [2.05, 4.69) is 5.32 Å². The number of nitrogens with two attached hydrogens (primary N) is 1. The summed E-state index contributed by atoms with van der Waals surface area (Å²) in [7, 11) is 0. The molecule has 0 heterocycles. The van der Waals surface area contributed by atoms with Gasteiger partial charge in [-0.25, -0.2) is 0 Å². The molecule has 19 heavy (non-hydrogen) atoms. The SMILES string of the molecule is N[C@H](CC(=O)NCC1CCCCC1)c1ccccc1. The third-order valence-electron chi connectivity index (χ3n) is 3.95. The highest BCUT2D eigenvalue weighted by Crippen LogP contribution is 2.22. The van der Waals surface area contributed by atoms with Crippen LogP contribution in [0.15, 0.2) is 30.3 Å². The first-order chi connectivity index (χ1) is 9.25. The molecule has 0 bridgehead atoms. The van der Waals surface area contributed by atoms with Crippen molar-refractivity contribution in [2.24, 2.45) is 11.7 Å². The van der Waals surface area contributed by atoms with Crippen molar-refractivity contribution in [2.45, 2.75) is 44.6 Å². The second-order valence-corrected chi connectivity index (χ2v) is 5.53. The van der Waals surface area contributed by atoms with Crippen LogP contribution in [0.2, 0.25) is 0 Å². The highest BCUT2D eigenvalue weighted by Gasteiger charge is 2.16. The van der Waals surface area contributed by atoms with Crippen LogP contribution < -0.4 is 11.1 Å². The predicted octanol–water partition coefficient (Wildman–Crippen LogP) is 2.77. The molecule has 3 N–H and O–H groups in total. The maximum atomic E-state index is 11.9. The van der Waals surface area contributed by atoms with Gasteiger partial charge in [0.15, 0.2) is 0 Å². The summed E-state index contributed by atoms with van der Waals surface area (Å²) in [6, 6.07) is 9.61. The molecule has 1 aliphatic rings. The van der Waals surface area contributed by atoms with Gasteiger partial charge in [0.2, 0.25) is 5.91 Å². The van der Waals surface area contributed by atoms with Crippen LogP contribution in [-0.2, 0) is 4.79 Å². The number of hydrogen-bond acceptors (Lipinski definition) is 2. The van der Waals surface area contributed by atoms with Crippen molar-refractivity contribution in [3.8, 4) is 0 Å². The molecular weight excluding hydrogens is 236 g/mol. The van der Waals surface area contributed by atoms with Gasteiger partial charge in [0.25, 0.3) is 0 Å². The lowest BCUT2D eigenvalue weighted by molar-refractivity contribution is -0.121. The summed E-state index contributed by atoms with van der Waals surface area (Å²) in [5.74, 6) is 0.743. The number of carbonyl (C=O) groups excluding carboxylic acids is 1. The number of carbonyl (C=O) groups is 1. The zero-order chi connectivity index (χ0) is 13.5. The molecule has 0 radical (unpaired) electrons. The highest BCUT2D eigenvalue weighted by atomic mass is 16.1. The monoisotopic (exact) mass is 260 g/mol. The molecule has 0 unspecified atom stereocenters. The van der Waals surface area contributed by atoms with Gasteiger partial charge in [-0.1, -0.05) is 49.6 Å². The quantitative estimate of drug-likeness (QED) is 0.855. The minimum absolute atomic E-state index is 0.0712. The van der Waals surface area contributed by atoms with Gasteiger partial charge in [0.05, 0.1) is 0 Å². The third kappa shape index (κ3) is 4.67. The first-order valence-electron chi connectivity index (χ1n) is 7.33. The molecule has 1 saturated carbocycles. The molecule has 3 nitrogen and oxygen atoms in total. The second-order valence-electron chi connectivity index (χ2n) is 5.53. The van der Waals surface area contributed by atoms with E-state index in [1.54, 1.807) is 0 Å². The fraction of sp³-hybridized carbons (Fsp3) is 0.562. The Labute approximate surface area is 115 Å². The molecule has 1 aromatic rings. The van der Waals surface area contributed by atoms with Crippen molar-refractivity contribution in [1.29, 1.82) is 0 Å². The second kappa shape index (κ2) is 7.29. The van der Waals surface area contributed by atoms with Gasteiger partial charge in [-0.05, 0) is 24.3 Å². The Morgan fingerprint density at radius 1 is 1.21 bits per heavy atom. The molecule has 1 atom stereocenters. The lowest BCUT2D eigenvalue weighted by Gasteiger charge is -2.22. The van der Waals surface area contributed by atoms with E-state index in [-0.39, 0.29) is 11.9 Å². The molecule has 1 aromatic carbocycles. The molecule has 0 saturated heterocycles. The molecule has 1 amide bonds. The number of nitrogens with one attached hydrogen (secondary N) is 1. The molecular formula is C16H24N2O. The van der Waals surface area contributed by atoms with Gasteiger partial charge < -0.3 is 11.1 Å². The van der Waals surface area contributed by atoms with Crippen LogP contribution in [0.1, 0.15) is 50.1 Å². The van der Waals surface area contributed by atoms with Gasteiger partial charge in [0.1, 0.15) is 0 Å². The van der Waals surface area contributed by atoms with Crippen LogP contribution in [0.4, 0.5) is 0 Å². The van der Waals surface area contributed by atoms with E-state index in [0.717, 1.165) is 12.1 Å². The molecule has 104 valence electrons. The molecule has 3 heteroatoms. The normalized spacial score (nSPS) is 17.9. The van der Waals surface area contributed by atoms with E-state index < -0.39 is 0 Å². The van der Waals surface area contributed by atoms with Crippen molar-refractivity contribution in [3.63, 3.8) is 0 Å². The Kier molecular flexibility index (Phi) is 5.40. The Hall–Kier alpha value is -1.35.